The molecule has 2 aliphatic carbocycles. The summed E-state index contributed by atoms with van der Waals surface area (Å²) in [4.78, 5) is 2.77. The Bertz CT molecular complexity index is 314. The zero-order valence-electron chi connectivity index (χ0n) is 15.1. The first-order chi connectivity index (χ1) is 9.77. The molecule has 0 saturated heterocycles. The second kappa shape index (κ2) is 7.00. The van der Waals surface area contributed by atoms with Crippen molar-refractivity contribution in [2.75, 3.05) is 13.1 Å². The van der Waals surface area contributed by atoms with E-state index in [1.54, 1.807) is 0 Å². The molecule has 21 heavy (non-hydrogen) atoms. The third kappa shape index (κ3) is 5.25. The molecule has 0 radical (unpaired) electrons. The Hall–Kier alpha value is -0.0800. The van der Waals surface area contributed by atoms with Crippen LogP contribution in [0.5, 0.6) is 0 Å². The van der Waals surface area contributed by atoms with Gasteiger partial charge >= 0.3 is 0 Å². The number of nitrogens with two attached hydrogens (primary N) is 1. The summed E-state index contributed by atoms with van der Waals surface area (Å²) < 4.78 is 0. The molecule has 0 aromatic heterocycles. The van der Waals surface area contributed by atoms with Gasteiger partial charge in [0.1, 0.15) is 0 Å². The van der Waals surface area contributed by atoms with Crippen LogP contribution in [0.1, 0.15) is 73.1 Å². The largest absolute Gasteiger partial charge is 0.327 e. The first-order valence-corrected chi connectivity index (χ1v) is 9.27. The minimum absolute atomic E-state index is 0.434. The van der Waals surface area contributed by atoms with E-state index in [1.807, 2.05) is 0 Å². The van der Waals surface area contributed by atoms with Crippen LogP contribution >= 0.6 is 0 Å². The van der Waals surface area contributed by atoms with Gasteiger partial charge < -0.3 is 10.6 Å². The third-order valence-electron chi connectivity index (χ3n) is 5.79. The molecule has 3 atom stereocenters. The fraction of sp³-hybridized carbons (Fsp3) is 1.00. The topological polar surface area (TPSA) is 29.3 Å². The molecular formula is C19H38N2. The van der Waals surface area contributed by atoms with Gasteiger partial charge in [0.2, 0.25) is 0 Å². The summed E-state index contributed by atoms with van der Waals surface area (Å²) in [5.41, 5.74) is 6.93. The molecule has 0 spiro atoms. The summed E-state index contributed by atoms with van der Waals surface area (Å²) in [6, 6.07) is 1.31. The lowest BCUT2D eigenvalue weighted by molar-refractivity contribution is 0.0948. The molecule has 0 aliphatic heterocycles. The minimum atomic E-state index is 0.434. The van der Waals surface area contributed by atoms with Crippen LogP contribution in [0.15, 0.2) is 0 Å². The number of nitrogens with zero attached hydrogens (tertiary/aromatic N) is 1. The van der Waals surface area contributed by atoms with Crippen LogP contribution in [0.3, 0.4) is 0 Å². The van der Waals surface area contributed by atoms with Gasteiger partial charge in [0.15, 0.2) is 0 Å². The highest BCUT2D eigenvalue weighted by molar-refractivity contribution is 4.92. The van der Waals surface area contributed by atoms with E-state index in [4.69, 9.17) is 5.73 Å². The SMILES string of the molecule is CC(C)CCN(CC1CC(C(C)(C)C)CCC1N)C1CC1. The van der Waals surface area contributed by atoms with Gasteiger partial charge in [0.05, 0.1) is 0 Å². The lowest BCUT2D eigenvalue weighted by Crippen LogP contribution is -2.46. The van der Waals surface area contributed by atoms with Gasteiger partial charge in [-0.1, -0.05) is 34.6 Å². The molecule has 0 aromatic carbocycles. The molecule has 2 rings (SSSR count). The fourth-order valence-electron chi connectivity index (χ4n) is 3.87. The summed E-state index contributed by atoms with van der Waals surface area (Å²) in [6.07, 6.45) is 8.08. The van der Waals surface area contributed by atoms with E-state index in [2.05, 4.69) is 39.5 Å². The van der Waals surface area contributed by atoms with E-state index in [0.717, 1.165) is 23.8 Å². The molecule has 2 nitrogen and oxygen atoms in total. The Morgan fingerprint density at radius 3 is 2.29 bits per heavy atom. The zero-order chi connectivity index (χ0) is 15.6. The quantitative estimate of drug-likeness (QED) is 0.792. The van der Waals surface area contributed by atoms with Crippen LogP contribution in [0.25, 0.3) is 0 Å². The van der Waals surface area contributed by atoms with Crippen molar-refractivity contribution in [3.8, 4) is 0 Å². The van der Waals surface area contributed by atoms with Crippen LogP contribution in [-0.2, 0) is 0 Å². The fourth-order valence-corrected chi connectivity index (χ4v) is 3.87. The Labute approximate surface area is 132 Å². The molecular weight excluding hydrogens is 256 g/mol. The van der Waals surface area contributed by atoms with Gasteiger partial charge in [-0.05, 0) is 68.2 Å². The van der Waals surface area contributed by atoms with E-state index in [9.17, 15) is 0 Å². The van der Waals surface area contributed by atoms with Crippen molar-refractivity contribution in [2.45, 2.75) is 85.2 Å². The Balaban J connectivity index is 1.91. The third-order valence-corrected chi connectivity index (χ3v) is 5.79. The molecule has 2 saturated carbocycles. The summed E-state index contributed by atoms with van der Waals surface area (Å²) in [6.45, 7) is 14.4. The van der Waals surface area contributed by atoms with E-state index >= 15 is 0 Å². The van der Waals surface area contributed by atoms with Crippen molar-refractivity contribution in [2.24, 2.45) is 28.9 Å². The van der Waals surface area contributed by atoms with Crippen molar-refractivity contribution in [3.05, 3.63) is 0 Å². The lowest BCUT2D eigenvalue weighted by atomic mass is 9.67. The summed E-state index contributed by atoms with van der Waals surface area (Å²) in [7, 11) is 0. The van der Waals surface area contributed by atoms with Crippen molar-refractivity contribution < 1.29 is 0 Å². The summed E-state index contributed by atoms with van der Waals surface area (Å²) >= 11 is 0. The second-order valence-electron chi connectivity index (χ2n) is 9.21. The predicted molar refractivity (Wildman–Crippen MR) is 92.3 cm³/mol. The number of hydrogen-bond donors (Lipinski definition) is 1. The molecule has 0 heterocycles. The van der Waals surface area contributed by atoms with Gasteiger partial charge in [0.25, 0.3) is 0 Å². The molecule has 2 aliphatic rings. The first-order valence-electron chi connectivity index (χ1n) is 9.27. The van der Waals surface area contributed by atoms with Crippen LogP contribution in [0.2, 0.25) is 0 Å². The Morgan fingerprint density at radius 2 is 1.76 bits per heavy atom. The van der Waals surface area contributed by atoms with E-state index in [0.29, 0.717) is 11.5 Å². The predicted octanol–water partition coefficient (Wildman–Crippen LogP) is 4.29. The maximum Gasteiger partial charge on any atom is 0.00965 e. The van der Waals surface area contributed by atoms with Crippen molar-refractivity contribution in [3.63, 3.8) is 0 Å². The van der Waals surface area contributed by atoms with Gasteiger partial charge in [-0.2, -0.15) is 0 Å². The molecule has 0 amide bonds. The average molecular weight is 295 g/mol. The first kappa shape index (κ1) is 17.3. The number of rotatable bonds is 6. The van der Waals surface area contributed by atoms with Crippen LogP contribution in [0.4, 0.5) is 0 Å². The van der Waals surface area contributed by atoms with Crippen molar-refractivity contribution in [1.82, 2.24) is 4.90 Å². The maximum absolute atomic E-state index is 6.48. The second-order valence-corrected chi connectivity index (χ2v) is 9.21. The van der Waals surface area contributed by atoms with E-state index < -0.39 is 0 Å². The molecule has 2 N–H and O–H groups in total. The molecule has 2 heteroatoms. The molecule has 0 aromatic rings. The van der Waals surface area contributed by atoms with Gasteiger partial charge in [0, 0.05) is 18.6 Å². The molecule has 0 bridgehead atoms. The summed E-state index contributed by atoms with van der Waals surface area (Å²) in [5.74, 6) is 2.39. The van der Waals surface area contributed by atoms with Crippen molar-refractivity contribution >= 4 is 0 Å². The Morgan fingerprint density at radius 1 is 1.10 bits per heavy atom. The number of hydrogen-bond acceptors (Lipinski definition) is 2. The van der Waals surface area contributed by atoms with Crippen LogP contribution in [-0.4, -0.2) is 30.1 Å². The highest BCUT2D eigenvalue weighted by Gasteiger charge is 2.37. The smallest absolute Gasteiger partial charge is 0.00965 e. The summed E-state index contributed by atoms with van der Waals surface area (Å²) in [5, 5.41) is 0. The highest BCUT2D eigenvalue weighted by Crippen LogP contribution is 2.41. The lowest BCUT2D eigenvalue weighted by Gasteiger charge is -2.42. The monoisotopic (exact) mass is 294 g/mol. The van der Waals surface area contributed by atoms with Crippen LogP contribution < -0.4 is 5.73 Å². The van der Waals surface area contributed by atoms with Crippen molar-refractivity contribution in [1.29, 1.82) is 0 Å². The van der Waals surface area contributed by atoms with Gasteiger partial charge in [-0.3, -0.25) is 0 Å². The zero-order valence-corrected chi connectivity index (χ0v) is 15.1. The van der Waals surface area contributed by atoms with E-state index in [-0.39, 0.29) is 0 Å². The van der Waals surface area contributed by atoms with E-state index in [1.165, 1.54) is 51.6 Å². The average Bonchev–Trinajstić information content (AvgIpc) is 3.19. The minimum Gasteiger partial charge on any atom is -0.327 e. The standard InChI is InChI=1S/C19H38N2/c1-14(2)10-11-21(17-7-8-17)13-15-12-16(19(3,4)5)6-9-18(15)20/h14-18H,6-13,20H2,1-5H3. The highest BCUT2D eigenvalue weighted by atomic mass is 15.2. The van der Waals surface area contributed by atoms with Gasteiger partial charge in [-0.25, -0.2) is 0 Å². The molecule has 2 fully saturated rings. The van der Waals surface area contributed by atoms with Crippen LogP contribution in [0, 0.1) is 23.2 Å². The maximum atomic E-state index is 6.48. The normalized spacial score (nSPS) is 31.1. The molecule has 3 unspecified atom stereocenters. The Kier molecular flexibility index (Phi) is 5.76. The molecule has 124 valence electrons. The van der Waals surface area contributed by atoms with Gasteiger partial charge in [-0.15, -0.1) is 0 Å².